The molecule has 0 amide bonds. The lowest BCUT2D eigenvalue weighted by Crippen LogP contribution is -2.31. The Morgan fingerprint density at radius 3 is 3.12 bits per heavy atom. The standard InChI is InChI=1S/C20H17BrN4O/c21-15-3-4-17-16(8-15)14(10-22-17)11-25-6-5-13-9-23-20(24-18(13)12-25)19-2-1-7-26-19/h1-4,7-10,22H,5-6,11-12H2. The van der Waals surface area contributed by atoms with E-state index in [0.29, 0.717) is 11.6 Å². The molecule has 26 heavy (non-hydrogen) atoms. The number of benzene rings is 1. The minimum absolute atomic E-state index is 0.659. The number of furan rings is 1. The third kappa shape index (κ3) is 2.85. The van der Waals surface area contributed by atoms with E-state index in [1.54, 1.807) is 6.26 Å². The topological polar surface area (TPSA) is 58.0 Å². The number of halogens is 1. The summed E-state index contributed by atoms with van der Waals surface area (Å²) in [5, 5.41) is 1.27. The van der Waals surface area contributed by atoms with E-state index in [1.807, 2.05) is 18.3 Å². The van der Waals surface area contributed by atoms with Crippen LogP contribution in [0.4, 0.5) is 0 Å². The maximum atomic E-state index is 5.43. The first-order chi connectivity index (χ1) is 12.8. The fourth-order valence-electron chi connectivity index (χ4n) is 3.54. The Kier molecular flexibility index (Phi) is 3.87. The molecule has 4 aromatic rings. The summed E-state index contributed by atoms with van der Waals surface area (Å²) in [6, 6.07) is 10.1. The highest BCUT2D eigenvalue weighted by atomic mass is 79.9. The minimum Gasteiger partial charge on any atom is -0.461 e. The van der Waals surface area contributed by atoms with Crippen LogP contribution in [0.1, 0.15) is 16.8 Å². The molecule has 130 valence electrons. The van der Waals surface area contributed by atoms with Gasteiger partial charge in [-0.15, -0.1) is 0 Å². The second kappa shape index (κ2) is 6.37. The summed E-state index contributed by atoms with van der Waals surface area (Å²) in [5.74, 6) is 1.37. The molecule has 0 spiro atoms. The summed E-state index contributed by atoms with van der Waals surface area (Å²) in [4.78, 5) is 15.0. The summed E-state index contributed by atoms with van der Waals surface area (Å²) in [6.07, 6.45) is 6.68. The highest BCUT2D eigenvalue weighted by Crippen LogP contribution is 2.26. The van der Waals surface area contributed by atoms with Gasteiger partial charge in [-0.05, 0) is 47.9 Å². The van der Waals surface area contributed by atoms with Gasteiger partial charge >= 0.3 is 0 Å². The zero-order chi connectivity index (χ0) is 17.5. The lowest BCUT2D eigenvalue weighted by atomic mass is 10.1. The highest BCUT2D eigenvalue weighted by Gasteiger charge is 2.20. The van der Waals surface area contributed by atoms with E-state index in [9.17, 15) is 0 Å². The van der Waals surface area contributed by atoms with Crippen LogP contribution in [0.3, 0.4) is 0 Å². The van der Waals surface area contributed by atoms with Crippen molar-refractivity contribution in [3.8, 4) is 11.6 Å². The third-order valence-corrected chi connectivity index (χ3v) is 5.38. The number of fused-ring (bicyclic) bond motifs is 2. The first-order valence-corrected chi connectivity index (χ1v) is 9.42. The lowest BCUT2D eigenvalue weighted by molar-refractivity contribution is 0.242. The molecule has 1 aliphatic rings. The van der Waals surface area contributed by atoms with Crippen LogP contribution in [-0.4, -0.2) is 26.4 Å². The van der Waals surface area contributed by atoms with Crippen molar-refractivity contribution in [2.45, 2.75) is 19.5 Å². The van der Waals surface area contributed by atoms with E-state index in [2.05, 4.69) is 55.2 Å². The van der Waals surface area contributed by atoms with Crippen molar-refractivity contribution >= 4 is 26.8 Å². The lowest BCUT2D eigenvalue weighted by Gasteiger charge is -2.27. The molecule has 1 aliphatic heterocycles. The Morgan fingerprint density at radius 1 is 1.27 bits per heavy atom. The van der Waals surface area contributed by atoms with Crippen LogP contribution < -0.4 is 0 Å². The summed E-state index contributed by atoms with van der Waals surface area (Å²) >= 11 is 3.57. The molecule has 4 heterocycles. The normalized spacial score (nSPS) is 14.7. The van der Waals surface area contributed by atoms with Gasteiger partial charge in [-0.3, -0.25) is 4.90 Å². The number of rotatable bonds is 3. The van der Waals surface area contributed by atoms with Gasteiger partial charge in [-0.2, -0.15) is 0 Å². The van der Waals surface area contributed by atoms with Gasteiger partial charge in [0.25, 0.3) is 0 Å². The molecule has 3 aromatic heterocycles. The van der Waals surface area contributed by atoms with Gasteiger partial charge in [-0.25, -0.2) is 9.97 Å². The van der Waals surface area contributed by atoms with E-state index in [0.717, 1.165) is 36.2 Å². The van der Waals surface area contributed by atoms with Crippen LogP contribution in [-0.2, 0) is 19.5 Å². The highest BCUT2D eigenvalue weighted by molar-refractivity contribution is 9.10. The summed E-state index contributed by atoms with van der Waals surface area (Å²) in [5.41, 5.74) is 4.81. The molecular formula is C20H17BrN4O. The SMILES string of the molecule is Brc1ccc2[nH]cc(CN3CCc4cnc(-c5ccco5)nc4C3)c2c1. The smallest absolute Gasteiger partial charge is 0.195 e. The largest absolute Gasteiger partial charge is 0.461 e. The zero-order valence-corrected chi connectivity index (χ0v) is 15.7. The van der Waals surface area contributed by atoms with Gasteiger partial charge in [0.15, 0.2) is 11.6 Å². The second-order valence-corrected chi connectivity index (χ2v) is 7.52. The first kappa shape index (κ1) is 15.8. The Balaban J connectivity index is 1.41. The van der Waals surface area contributed by atoms with Crippen molar-refractivity contribution < 1.29 is 4.42 Å². The molecule has 0 bridgehead atoms. The third-order valence-electron chi connectivity index (χ3n) is 4.89. The first-order valence-electron chi connectivity index (χ1n) is 8.63. The average Bonchev–Trinajstić information content (AvgIpc) is 3.32. The Morgan fingerprint density at radius 2 is 2.23 bits per heavy atom. The molecule has 6 heteroatoms. The maximum Gasteiger partial charge on any atom is 0.195 e. The van der Waals surface area contributed by atoms with Gasteiger partial charge < -0.3 is 9.40 Å². The van der Waals surface area contributed by atoms with Crippen LogP contribution in [0, 0.1) is 0 Å². The quantitative estimate of drug-likeness (QED) is 0.540. The van der Waals surface area contributed by atoms with Gasteiger partial charge in [0.1, 0.15) is 0 Å². The van der Waals surface area contributed by atoms with Crippen molar-refractivity contribution in [2.24, 2.45) is 0 Å². The van der Waals surface area contributed by atoms with Crippen LogP contribution >= 0.6 is 15.9 Å². The van der Waals surface area contributed by atoms with Gasteiger partial charge in [0, 0.05) is 47.4 Å². The number of hydrogen-bond acceptors (Lipinski definition) is 4. The van der Waals surface area contributed by atoms with Crippen molar-refractivity contribution in [2.75, 3.05) is 6.54 Å². The number of nitrogens with one attached hydrogen (secondary N) is 1. The van der Waals surface area contributed by atoms with E-state index in [4.69, 9.17) is 9.40 Å². The fourth-order valence-corrected chi connectivity index (χ4v) is 3.90. The minimum atomic E-state index is 0.659. The van der Waals surface area contributed by atoms with Gasteiger partial charge in [0.2, 0.25) is 0 Å². The van der Waals surface area contributed by atoms with Crippen LogP contribution in [0.2, 0.25) is 0 Å². The van der Waals surface area contributed by atoms with Gasteiger partial charge in [-0.1, -0.05) is 15.9 Å². The van der Waals surface area contributed by atoms with E-state index in [1.165, 1.54) is 22.0 Å². The summed E-state index contributed by atoms with van der Waals surface area (Å²) < 4.78 is 6.54. The van der Waals surface area contributed by atoms with Gasteiger partial charge in [0.05, 0.1) is 12.0 Å². The predicted octanol–water partition coefficient (Wildman–Crippen LogP) is 4.54. The monoisotopic (exact) mass is 408 g/mol. The molecule has 1 aromatic carbocycles. The second-order valence-electron chi connectivity index (χ2n) is 6.61. The molecule has 5 rings (SSSR count). The van der Waals surface area contributed by atoms with E-state index in [-0.39, 0.29) is 0 Å². The summed E-state index contributed by atoms with van der Waals surface area (Å²) in [6.45, 7) is 2.74. The van der Waals surface area contributed by atoms with Crippen molar-refractivity contribution in [1.82, 2.24) is 19.9 Å². The molecular weight excluding hydrogens is 392 g/mol. The number of H-pyrrole nitrogens is 1. The Hall–Kier alpha value is -2.44. The molecule has 0 fully saturated rings. The predicted molar refractivity (Wildman–Crippen MR) is 104 cm³/mol. The molecule has 0 saturated heterocycles. The van der Waals surface area contributed by atoms with Crippen LogP contribution in [0.15, 0.2) is 57.9 Å². The van der Waals surface area contributed by atoms with Crippen molar-refractivity contribution in [3.05, 3.63) is 70.3 Å². The fraction of sp³-hybridized carbons (Fsp3) is 0.200. The molecule has 0 unspecified atom stereocenters. The number of hydrogen-bond donors (Lipinski definition) is 1. The van der Waals surface area contributed by atoms with Crippen molar-refractivity contribution in [3.63, 3.8) is 0 Å². The van der Waals surface area contributed by atoms with Crippen LogP contribution in [0.5, 0.6) is 0 Å². The molecule has 0 radical (unpaired) electrons. The Labute approximate surface area is 159 Å². The van der Waals surface area contributed by atoms with E-state index >= 15 is 0 Å². The molecule has 0 atom stereocenters. The summed E-state index contributed by atoms with van der Waals surface area (Å²) in [7, 11) is 0. The number of nitrogens with zero attached hydrogens (tertiary/aromatic N) is 3. The maximum absolute atomic E-state index is 5.43. The zero-order valence-electron chi connectivity index (χ0n) is 14.1. The number of aromatic amines is 1. The molecule has 0 aliphatic carbocycles. The average molecular weight is 409 g/mol. The van der Waals surface area contributed by atoms with Crippen LogP contribution in [0.25, 0.3) is 22.5 Å². The molecule has 1 N–H and O–H groups in total. The van der Waals surface area contributed by atoms with E-state index < -0.39 is 0 Å². The molecule has 0 saturated carbocycles. The van der Waals surface area contributed by atoms with Crippen molar-refractivity contribution in [1.29, 1.82) is 0 Å². The molecule has 5 nitrogen and oxygen atoms in total. The Bertz CT molecular complexity index is 1070. The number of aromatic nitrogens is 3.